The molecule has 1 rings (SSSR count). The van der Waals surface area contributed by atoms with Gasteiger partial charge >= 0.3 is 0 Å². The molecule has 0 radical (unpaired) electrons. The van der Waals surface area contributed by atoms with Crippen LogP contribution >= 0.6 is 0 Å². The molecule has 6 N–H and O–H groups in total. The zero-order valence-corrected chi connectivity index (χ0v) is 35.9. The van der Waals surface area contributed by atoms with Crippen LogP contribution in [0.3, 0.4) is 0 Å². The zero-order valence-electron chi connectivity index (χ0n) is 35.9. The largest absolute Gasteiger partial charge is 0.394 e. The predicted molar refractivity (Wildman–Crippen MR) is 230 cm³/mol. The van der Waals surface area contributed by atoms with Gasteiger partial charge in [0.05, 0.1) is 25.4 Å². The Kier molecular flexibility index (Phi) is 35.3. The van der Waals surface area contributed by atoms with Gasteiger partial charge in [-0.3, -0.25) is 4.79 Å². The number of aliphatic hydroxyl groups is 5. The molecule has 1 fully saturated rings. The van der Waals surface area contributed by atoms with Gasteiger partial charge in [-0.25, -0.2) is 0 Å². The second-order valence-corrected chi connectivity index (χ2v) is 16.2. The Morgan fingerprint density at radius 3 is 1.50 bits per heavy atom. The SMILES string of the molecule is CCCCCCCCCCCCCCCCCC/C=C/CC/C=C/CC/C=C/C(O)C(COC1OC(CO)C(O)C(O)C1O)NC(=O)CCCCCCCCC. The molecule has 1 saturated heterocycles. The number of amides is 1. The van der Waals surface area contributed by atoms with Crippen molar-refractivity contribution in [2.45, 2.75) is 243 Å². The number of nitrogens with one attached hydrogen (secondary N) is 1. The lowest BCUT2D eigenvalue weighted by Crippen LogP contribution is -2.60. The van der Waals surface area contributed by atoms with Crippen molar-refractivity contribution in [2.75, 3.05) is 13.2 Å². The number of hydrogen-bond donors (Lipinski definition) is 6. The van der Waals surface area contributed by atoms with Gasteiger partial charge in [0.15, 0.2) is 6.29 Å². The molecule has 328 valence electrons. The van der Waals surface area contributed by atoms with Crippen LogP contribution in [0.1, 0.15) is 200 Å². The van der Waals surface area contributed by atoms with Crippen LogP contribution in [0.25, 0.3) is 0 Å². The number of unbranched alkanes of at least 4 members (excludes halogenated alkanes) is 24. The number of ether oxygens (including phenoxy) is 2. The summed E-state index contributed by atoms with van der Waals surface area (Å²) in [5.41, 5.74) is 0. The van der Waals surface area contributed by atoms with Crippen LogP contribution in [0.4, 0.5) is 0 Å². The molecule has 1 heterocycles. The molecule has 1 amide bonds. The van der Waals surface area contributed by atoms with Gasteiger partial charge in [-0.05, 0) is 44.9 Å². The number of aliphatic hydroxyl groups excluding tert-OH is 5. The molecule has 7 atom stereocenters. The van der Waals surface area contributed by atoms with Crippen molar-refractivity contribution in [3.8, 4) is 0 Å². The molecule has 1 aliphatic rings. The highest BCUT2D eigenvalue weighted by Crippen LogP contribution is 2.22. The van der Waals surface area contributed by atoms with Crippen LogP contribution in [-0.4, -0.2) is 87.5 Å². The van der Waals surface area contributed by atoms with Gasteiger partial charge in [0, 0.05) is 6.42 Å². The summed E-state index contributed by atoms with van der Waals surface area (Å²) in [7, 11) is 0. The fourth-order valence-electron chi connectivity index (χ4n) is 7.19. The lowest BCUT2D eigenvalue weighted by atomic mass is 9.99. The predicted octanol–water partition coefficient (Wildman–Crippen LogP) is 9.67. The second-order valence-electron chi connectivity index (χ2n) is 16.2. The van der Waals surface area contributed by atoms with Crippen molar-refractivity contribution in [3.05, 3.63) is 36.5 Å². The zero-order chi connectivity index (χ0) is 40.9. The van der Waals surface area contributed by atoms with Crippen molar-refractivity contribution in [2.24, 2.45) is 0 Å². The van der Waals surface area contributed by atoms with Crippen molar-refractivity contribution in [3.63, 3.8) is 0 Å². The van der Waals surface area contributed by atoms with Crippen LogP contribution in [0.15, 0.2) is 36.5 Å². The molecule has 56 heavy (non-hydrogen) atoms. The first-order chi connectivity index (χ1) is 27.3. The molecule has 9 nitrogen and oxygen atoms in total. The molecule has 7 unspecified atom stereocenters. The lowest BCUT2D eigenvalue weighted by molar-refractivity contribution is -0.302. The molecule has 0 bridgehead atoms. The third-order valence-electron chi connectivity index (χ3n) is 10.9. The Morgan fingerprint density at radius 1 is 0.589 bits per heavy atom. The smallest absolute Gasteiger partial charge is 0.220 e. The molecular formula is C47H87NO8. The van der Waals surface area contributed by atoms with E-state index in [2.05, 4.69) is 43.5 Å². The topological polar surface area (TPSA) is 149 Å². The third kappa shape index (κ3) is 27.9. The van der Waals surface area contributed by atoms with E-state index in [1.807, 2.05) is 6.08 Å². The Balaban J connectivity index is 2.26. The van der Waals surface area contributed by atoms with Gasteiger partial charge < -0.3 is 40.3 Å². The maximum absolute atomic E-state index is 12.8. The molecule has 0 aliphatic carbocycles. The first-order valence-electron chi connectivity index (χ1n) is 23.2. The maximum atomic E-state index is 12.8. The lowest BCUT2D eigenvalue weighted by Gasteiger charge is -2.40. The van der Waals surface area contributed by atoms with Crippen molar-refractivity contribution >= 4 is 5.91 Å². The quantitative estimate of drug-likeness (QED) is 0.0268. The van der Waals surface area contributed by atoms with Crippen LogP contribution in [-0.2, 0) is 14.3 Å². The Bertz CT molecular complexity index is 972. The van der Waals surface area contributed by atoms with Gasteiger partial charge in [-0.15, -0.1) is 0 Å². The number of hydrogen-bond acceptors (Lipinski definition) is 8. The van der Waals surface area contributed by atoms with Gasteiger partial charge in [0.25, 0.3) is 0 Å². The number of carbonyl (C=O) groups excluding carboxylic acids is 1. The van der Waals surface area contributed by atoms with E-state index in [-0.39, 0.29) is 12.5 Å². The van der Waals surface area contributed by atoms with Crippen LogP contribution in [0, 0.1) is 0 Å². The number of allylic oxidation sites excluding steroid dienone is 5. The Labute approximate surface area is 342 Å². The highest BCUT2D eigenvalue weighted by Gasteiger charge is 2.44. The monoisotopic (exact) mass is 794 g/mol. The summed E-state index contributed by atoms with van der Waals surface area (Å²) < 4.78 is 11.1. The van der Waals surface area contributed by atoms with E-state index < -0.39 is 49.5 Å². The summed E-state index contributed by atoms with van der Waals surface area (Å²) in [6.07, 6.45) is 39.5. The summed E-state index contributed by atoms with van der Waals surface area (Å²) in [5.74, 6) is -0.199. The molecule has 0 aromatic heterocycles. The van der Waals surface area contributed by atoms with Crippen molar-refractivity contribution in [1.29, 1.82) is 0 Å². The van der Waals surface area contributed by atoms with Gasteiger partial charge in [0.1, 0.15) is 24.4 Å². The minimum atomic E-state index is -1.57. The fraction of sp³-hybridized carbons (Fsp3) is 0.851. The van der Waals surface area contributed by atoms with Gasteiger partial charge in [-0.2, -0.15) is 0 Å². The summed E-state index contributed by atoms with van der Waals surface area (Å²) in [6, 6.07) is -0.822. The molecule has 0 aromatic carbocycles. The van der Waals surface area contributed by atoms with Crippen molar-refractivity contribution < 1.29 is 39.8 Å². The molecule has 0 spiro atoms. The fourth-order valence-corrected chi connectivity index (χ4v) is 7.19. The van der Waals surface area contributed by atoms with Gasteiger partial charge in [-0.1, -0.05) is 185 Å². The second kappa shape index (κ2) is 37.7. The van der Waals surface area contributed by atoms with E-state index in [1.165, 1.54) is 135 Å². The van der Waals surface area contributed by atoms with E-state index in [4.69, 9.17) is 9.47 Å². The molecule has 0 aromatic rings. The minimum absolute atomic E-state index is 0.199. The van der Waals surface area contributed by atoms with Crippen molar-refractivity contribution in [1.82, 2.24) is 5.32 Å². The summed E-state index contributed by atoms with van der Waals surface area (Å²) in [6.45, 7) is 3.69. The average Bonchev–Trinajstić information content (AvgIpc) is 3.20. The normalized spacial score (nSPS) is 21.4. The maximum Gasteiger partial charge on any atom is 0.220 e. The van der Waals surface area contributed by atoms with E-state index >= 15 is 0 Å². The third-order valence-corrected chi connectivity index (χ3v) is 10.9. The van der Waals surface area contributed by atoms with Crippen LogP contribution < -0.4 is 5.32 Å². The molecular weight excluding hydrogens is 707 g/mol. The molecule has 0 saturated carbocycles. The molecule has 1 aliphatic heterocycles. The van der Waals surface area contributed by atoms with E-state index in [1.54, 1.807) is 6.08 Å². The number of carbonyl (C=O) groups is 1. The number of rotatable bonds is 38. The Hall–Kier alpha value is -1.59. The first-order valence-corrected chi connectivity index (χ1v) is 23.2. The van der Waals surface area contributed by atoms with E-state index in [0.29, 0.717) is 6.42 Å². The standard InChI is InChI=1S/C47H87NO8/c1-3-5-7-9-11-12-13-14-15-16-17-18-19-20-21-22-23-24-25-26-27-28-29-31-32-34-36-41(50)40(48-43(51)37-35-33-30-10-8-6-4-2)39-55-47-46(54)45(53)44(52)42(38-49)56-47/h24-25,28-29,34,36,40-42,44-47,49-50,52-54H,3-23,26-27,30-33,35,37-39H2,1-2H3,(H,48,51)/b25-24+,29-28+,36-34+. The average molecular weight is 794 g/mol. The highest BCUT2D eigenvalue weighted by atomic mass is 16.7. The summed E-state index contributed by atoms with van der Waals surface area (Å²) in [5, 5.41) is 53.9. The van der Waals surface area contributed by atoms with E-state index in [9.17, 15) is 30.3 Å². The minimum Gasteiger partial charge on any atom is -0.394 e. The molecule has 9 heteroatoms. The summed E-state index contributed by atoms with van der Waals surface area (Å²) in [4.78, 5) is 12.8. The van der Waals surface area contributed by atoms with Gasteiger partial charge in [0.2, 0.25) is 5.91 Å². The summed E-state index contributed by atoms with van der Waals surface area (Å²) >= 11 is 0. The highest BCUT2D eigenvalue weighted by molar-refractivity contribution is 5.76. The Morgan fingerprint density at radius 2 is 1.02 bits per heavy atom. The van der Waals surface area contributed by atoms with E-state index in [0.717, 1.165) is 44.9 Å². The van der Waals surface area contributed by atoms with Crippen LogP contribution in [0.2, 0.25) is 0 Å². The van der Waals surface area contributed by atoms with Crippen LogP contribution in [0.5, 0.6) is 0 Å². The first kappa shape index (κ1) is 52.4.